The quantitative estimate of drug-likeness (QED) is 0.661. The average Bonchev–Trinajstić information content (AvgIpc) is 3.04. The zero-order chi connectivity index (χ0) is 18.6. The molecule has 1 aromatic carbocycles. The van der Waals surface area contributed by atoms with Crippen LogP contribution in [-0.4, -0.2) is 4.98 Å². The lowest BCUT2D eigenvalue weighted by Gasteiger charge is -2.50. The second-order valence-electron chi connectivity index (χ2n) is 8.64. The first-order valence-electron chi connectivity index (χ1n) is 9.94. The predicted octanol–water partition coefficient (Wildman–Crippen LogP) is 5.64. The summed E-state index contributed by atoms with van der Waals surface area (Å²) in [6.07, 6.45) is 11.1. The molecule has 1 fully saturated rings. The summed E-state index contributed by atoms with van der Waals surface area (Å²) in [5, 5.41) is 9.20. The van der Waals surface area contributed by atoms with Crippen LogP contribution in [0.1, 0.15) is 60.8 Å². The lowest BCUT2D eigenvalue weighted by atomic mass is 9.54. The number of nitriles is 1. The molecule has 1 heterocycles. The zero-order valence-electron chi connectivity index (χ0n) is 15.6. The first-order valence-corrected chi connectivity index (χ1v) is 9.94. The van der Waals surface area contributed by atoms with Crippen LogP contribution in [0.3, 0.4) is 0 Å². The number of fused-ring (bicyclic) bond motifs is 5. The van der Waals surface area contributed by atoms with Crippen LogP contribution in [0.4, 0.5) is 4.39 Å². The summed E-state index contributed by atoms with van der Waals surface area (Å²) < 4.78 is 13.8. The van der Waals surface area contributed by atoms with Crippen LogP contribution in [0, 0.1) is 34.4 Å². The molecule has 27 heavy (non-hydrogen) atoms. The Balaban J connectivity index is 1.48. The molecule has 0 amide bonds. The maximum absolute atomic E-state index is 13.8. The minimum absolute atomic E-state index is 0.112. The van der Waals surface area contributed by atoms with Gasteiger partial charge in [0.15, 0.2) is 0 Å². The van der Waals surface area contributed by atoms with E-state index in [9.17, 15) is 9.65 Å². The summed E-state index contributed by atoms with van der Waals surface area (Å²) in [6.45, 7) is 2.38. The summed E-state index contributed by atoms with van der Waals surface area (Å²) in [5.74, 6) is 1.62. The van der Waals surface area contributed by atoms with Gasteiger partial charge in [-0.05, 0) is 95.7 Å². The first-order chi connectivity index (χ1) is 13.1. The monoisotopic (exact) mass is 358 g/mol. The number of rotatable bonds is 1. The number of halogens is 1. The van der Waals surface area contributed by atoms with Crippen molar-refractivity contribution in [1.29, 1.82) is 5.26 Å². The van der Waals surface area contributed by atoms with Gasteiger partial charge in [-0.3, -0.25) is 4.98 Å². The Morgan fingerprint density at radius 3 is 2.93 bits per heavy atom. The van der Waals surface area contributed by atoms with Gasteiger partial charge >= 0.3 is 0 Å². The molecule has 0 radical (unpaired) electrons. The molecular formula is C24H23FN2. The Hall–Kier alpha value is -2.47. The summed E-state index contributed by atoms with van der Waals surface area (Å²) in [5.41, 5.74) is 5.97. The fraction of sp³-hybridized carbons (Fsp3) is 0.417. The van der Waals surface area contributed by atoms with E-state index in [4.69, 9.17) is 0 Å². The molecule has 5 rings (SSSR count). The van der Waals surface area contributed by atoms with Crippen molar-refractivity contribution < 1.29 is 4.39 Å². The second-order valence-corrected chi connectivity index (χ2v) is 8.64. The van der Waals surface area contributed by atoms with Gasteiger partial charge in [0.2, 0.25) is 0 Å². The molecule has 2 nitrogen and oxygen atoms in total. The van der Waals surface area contributed by atoms with Crippen LogP contribution in [-0.2, 0) is 6.42 Å². The first kappa shape index (κ1) is 16.7. The predicted molar refractivity (Wildman–Crippen MR) is 103 cm³/mol. The zero-order valence-corrected chi connectivity index (χ0v) is 15.6. The molecule has 1 aromatic heterocycles. The molecule has 1 saturated carbocycles. The van der Waals surface area contributed by atoms with Crippen LogP contribution < -0.4 is 0 Å². The van der Waals surface area contributed by atoms with Gasteiger partial charge in [0.05, 0.1) is 17.8 Å². The van der Waals surface area contributed by atoms with Crippen molar-refractivity contribution >= 4 is 5.57 Å². The van der Waals surface area contributed by atoms with E-state index < -0.39 is 0 Å². The van der Waals surface area contributed by atoms with Gasteiger partial charge in [0.25, 0.3) is 0 Å². The third-order valence-electron chi connectivity index (χ3n) is 7.45. The molecule has 0 N–H and O–H groups in total. The number of aryl methyl sites for hydroxylation is 1. The van der Waals surface area contributed by atoms with Crippen molar-refractivity contribution in [1.82, 2.24) is 4.98 Å². The Morgan fingerprint density at radius 1 is 1.22 bits per heavy atom. The highest BCUT2D eigenvalue weighted by Gasteiger charge is 2.51. The molecular weight excluding hydrogens is 335 g/mol. The van der Waals surface area contributed by atoms with Crippen molar-refractivity contribution in [2.24, 2.45) is 17.3 Å². The van der Waals surface area contributed by atoms with E-state index in [0.717, 1.165) is 36.8 Å². The molecule has 4 unspecified atom stereocenters. The number of allylic oxidation sites excluding steroid dienone is 2. The van der Waals surface area contributed by atoms with Crippen molar-refractivity contribution in [3.05, 3.63) is 70.8 Å². The number of hydrogen-bond acceptors (Lipinski definition) is 2. The topological polar surface area (TPSA) is 36.7 Å². The summed E-state index contributed by atoms with van der Waals surface area (Å²) >= 11 is 0. The van der Waals surface area contributed by atoms with E-state index >= 15 is 0 Å². The Morgan fingerprint density at radius 2 is 2.11 bits per heavy atom. The number of pyridine rings is 1. The van der Waals surface area contributed by atoms with Gasteiger partial charge in [-0.25, -0.2) is 4.39 Å². The summed E-state index contributed by atoms with van der Waals surface area (Å²) in [4.78, 5) is 4.08. The maximum Gasteiger partial charge on any atom is 0.142 e. The number of aromatic nitrogens is 1. The van der Waals surface area contributed by atoms with Crippen LogP contribution in [0.2, 0.25) is 0 Å². The molecule has 3 heteroatoms. The molecule has 0 bridgehead atoms. The SMILES string of the molecule is CC12CCC3c4ccc(C#N)cc4CCC3C1CC=C2c1cncc(F)c1. The largest absolute Gasteiger partial charge is 0.261 e. The lowest BCUT2D eigenvalue weighted by molar-refractivity contribution is 0.0885. The normalized spacial score (nSPS) is 31.3. The van der Waals surface area contributed by atoms with Gasteiger partial charge < -0.3 is 0 Å². The maximum atomic E-state index is 13.8. The average molecular weight is 358 g/mol. The molecule has 3 aliphatic rings. The molecule has 0 saturated heterocycles. The van der Waals surface area contributed by atoms with Gasteiger partial charge in [-0.15, -0.1) is 0 Å². The third kappa shape index (κ3) is 2.46. The van der Waals surface area contributed by atoms with Gasteiger partial charge in [-0.1, -0.05) is 19.1 Å². The van der Waals surface area contributed by atoms with E-state index in [2.05, 4.69) is 36.2 Å². The molecule has 0 aliphatic heterocycles. The van der Waals surface area contributed by atoms with E-state index in [1.54, 1.807) is 6.07 Å². The lowest BCUT2D eigenvalue weighted by Crippen LogP contribution is -2.40. The highest BCUT2D eigenvalue weighted by molar-refractivity contribution is 5.72. The van der Waals surface area contributed by atoms with Crippen molar-refractivity contribution in [3.63, 3.8) is 0 Å². The number of hydrogen-bond donors (Lipinski definition) is 0. The fourth-order valence-corrected chi connectivity index (χ4v) is 6.23. The fourth-order valence-electron chi connectivity index (χ4n) is 6.23. The van der Waals surface area contributed by atoms with Gasteiger partial charge in [0.1, 0.15) is 5.82 Å². The van der Waals surface area contributed by atoms with Crippen molar-refractivity contribution in [2.75, 3.05) is 0 Å². The standard InChI is InChI=1S/C24H23FN2/c1-24-9-8-20-19-4-2-15(12-26)10-16(19)3-5-21(20)23(24)7-6-22(24)17-11-18(25)14-27-13-17/h2,4,6,10-11,13-14,20-21,23H,3,5,7-9H2,1H3. The van der Waals surface area contributed by atoms with Crippen LogP contribution in [0.25, 0.3) is 5.57 Å². The van der Waals surface area contributed by atoms with E-state index in [1.807, 2.05) is 12.3 Å². The van der Waals surface area contributed by atoms with Gasteiger partial charge in [0, 0.05) is 6.20 Å². The summed E-state index contributed by atoms with van der Waals surface area (Å²) in [6, 6.07) is 10.2. The van der Waals surface area contributed by atoms with E-state index in [0.29, 0.717) is 17.8 Å². The number of nitrogens with zero attached hydrogens (tertiary/aromatic N) is 2. The molecule has 0 spiro atoms. The number of benzene rings is 1. The Kier molecular flexibility index (Phi) is 3.72. The third-order valence-corrected chi connectivity index (χ3v) is 7.45. The molecule has 4 atom stereocenters. The van der Waals surface area contributed by atoms with Crippen LogP contribution in [0.15, 0.2) is 42.7 Å². The minimum atomic E-state index is -0.256. The van der Waals surface area contributed by atoms with Crippen molar-refractivity contribution in [3.8, 4) is 6.07 Å². The van der Waals surface area contributed by atoms with Crippen LogP contribution >= 0.6 is 0 Å². The Bertz CT molecular complexity index is 986. The summed E-state index contributed by atoms with van der Waals surface area (Å²) in [7, 11) is 0. The Labute approximate surface area is 159 Å². The highest BCUT2D eigenvalue weighted by Crippen LogP contribution is 2.63. The molecule has 136 valence electrons. The highest BCUT2D eigenvalue weighted by atomic mass is 19.1. The second kappa shape index (κ2) is 6.02. The smallest absolute Gasteiger partial charge is 0.142 e. The van der Waals surface area contributed by atoms with Gasteiger partial charge in [-0.2, -0.15) is 5.26 Å². The molecule has 3 aliphatic carbocycles. The van der Waals surface area contributed by atoms with E-state index in [-0.39, 0.29) is 11.2 Å². The van der Waals surface area contributed by atoms with Crippen molar-refractivity contribution in [2.45, 2.75) is 44.9 Å². The minimum Gasteiger partial charge on any atom is -0.261 e. The van der Waals surface area contributed by atoms with E-state index in [1.165, 1.54) is 29.3 Å². The van der Waals surface area contributed by atoms with Crippen LogP contribution in [0.5, 0.6) is 0 Å². The molecule has 2 aromatic rings.